The second kappa shape index (κ2) is 10.1. The number of rotatable bonds is 10. The van der Waals surface area contributed by atoms with E-state index in [1.165, 1.54) is 0 Å². The molecule has 0 saturated heterocycles. The molecule has 0 aliphatic carbocycles. The summed E-state index contributed by atoms with van der Waals surface area (Å²) in [5.74, 6) is 1.05. The van der Waals surface area contributed by atoms with Gasteiger partial charge in [-0.25, -0.2) is 0 Å². The molecule has 3 rings (SSSR count). The summed E-state index contributed by atoms with van der Waals surface area (Å²) in [7, 11) is 1.85. The highest BCUT2D eigenvalue weighted by Crippen LogP contribution is 2.30. The van der Waals surface area contributed by atoms with Crippen LogP contribution in [0.1, 0.15) is 31.1 Å². The summed E-state index contributed by atoms with van der Waals surface area (Å²) in [4.78, 5) is 29.6. The molecule has 3 aromatic rings. The lowest BCUT2D eigenvalue weighted by Gasteiger charge is -2.20. The van der Waals surface area contributed by atoms with E-state index in [-0.39, 0.29) is 24.3 Å². The van der Waals surface area contributed by atoms with Gasteiger partial charge in [-0.05, 0) is 39.0 Å². The standard InChI is InChI=1S/C24H29N3O4/c1-5-30-21-12-11-17(13-22(21)31-6-2)26-23(28)15-27(4)16(3)24(29)19-14-25-20-10-8-7-9-18(19)20/h7-14,16,25H,5-6,15H2,1-4H3,(H,26,28)/p+1/t16-/m0/s1. The number of aromatic amines is 1. The highest BCUT2D eigenvalue weighted by molar-refractivity contribution is 6.09. The average molecular weight is 425 g/mol. The Kier molecular flexibility index (Phi) is 7.31. The van der Waals surface area contributed by atoms with Gasteiger partial charge in [0.2, 0.25) is 5.78 Å². The Bertz CT molecular complexity index is 1060. The third-order valence-corrected chi connectivity index (χ3v) is 5.25. The smallest absolute Gasteiger partial charge is 0.279 e. The molecule has 2 aromatic carbocycles. The van der Waals surface area contributed by atoms with E-state index in [4.69, 9.17) is 9.47 Å². The number of hydrogen-bond acceptors (Lipinski definition) is 4. The SMILES string of the molecule is CCOc1ccc(NC(=O)C[NH+](C)[C@@H](C)C(=O)c2c[nH]c3ccccc23)cc1OCC. The number of likely N-dealkylation sites (N-methyl/N-ethyl adjacent to an activating group) is 1. The molecule has 31 heavy (non-hydrogen) atoms. The molecule has 0 spiro atoms. The van der Waals surface area contributed by atoms with Gasteiger partial charge < -0.3 is 24.7 Å². The second-order valence-corrected chi connectivity index (χ2v) is 7.43. The summed E-state index contributed by atoms with van der Waals surface area (Å²) in [5, 5.41) is 3.78. The van der Waals surface area contributed by atoms with Crippen LogP contribution < -0.4 is 19.7 Å². The molecular formula is C24H30N3O4+. The van der Waals surface area contributed by atoms with Crippen LogP contribution in [-0.2, 0) is 4.79 Å². The van der Waals surface area contributed by atoms with Crippen LogP contribution in [0.3, 0.4) is 0 Å². The van der Waals surface area contributed by atoms with E-state index in [2.05, 4.69) is 10.3 Å². The number of fused-ring (bicyclic) bond motifs is 1. The lowest BCUT2D eigenvalue weighted by molar-refractivity contribution is -0.885. The maximum atomic E-state index is 13.0. The third-order valence-electron chi connectivity index (χ3n) is 5.25. The molecule has 3 N–H and O–H groups in total. The quantitative estimate of drug-likeness (QED) is 0.437. The molecule has 164 valence electrons. The summed E-state index contributed by atoms with van der Waals surface area (Å²) < 4.78 is 11.2. The number of H-pyrrole nitrogens is 1. The zero-order valence-corrected chi connectivity index (χ0v) is 18.5. The van der Waals surface area contributed by atoms with Gasteiger partial charge in [0, 0.05) is 34.4 Å². The number of anilines is 1. The number of ether oxygens (including phenoxy) is 2. The lowest BCUT2D eigenvalue weighted by atomic mass is 10.0. The first-order valence-electron chi connectivity index (χ1n) is 10.6. The van der Waals surface area contributed by atoms with E-state index in [0.29, 0.717) is 36.0 Å². The maximum Gasteiger partial charge on any atom is 0.279 e. The Morgan fingerprint density at radius 3 is 2.52 bits per heavy atom. The maximum absolute atomic E-state index is 13.0. The van der Waals surface area contributed by atoms with Crippen molar-refractivity contribution in [3.63, 3.8) is 0 Å². The largest absolute Gasteiger partial charge is 0.490 e. The zero-order valence-electron chi connectivity index (χ0n) is 18.5. The van der Waals surface area contributed by atoms with Gasteiger partial charge in [0.15, 0.2) is 18.0 Å². The van der Waals surface area contributed by atoms with Crippen molar-refractivity contribution in [1.29, 1.82) is 0 Å². The van der Waals surface area contributed by atoms with Gasteiger partial charge in [-0.2, -0.15) is 0 Å². The fourth-order valence-electron chi connectivity index (χ4n) is 3.47. The first-order chi connectivity index (χ1) is 14.9. The van der Waals surface area contributed by atoms with Crippen LogP contribution in [0.5, 0.6) is 11.5 Å². The summed E-state index contributed by atoms with van der Waals surface area (Å²) in [5.41, 5.74) is 2.20. The van der Waals surface area contributed by atoms with Gasteiger partial charge in [-0.15, -0.1) is 0 Å². The van der Waals surface area contributed by atoms with E-state index in [1.54, 1.807) is 24.4 Å². The number of quaternary nitrogens is 1. The minimum atomic E-state index is -0.371. The van der Waals surface area contributed by atoms with Crippen LogP contribution in [0.25, 0.3) is 10.9 Å². The Labute approximate surface area is 182 Å². The summed E-state index contributed by atoms with van der Waals surface area (Å²) >= 11 is 0. The van der Waals surface area contributed by atoms with Crippen molar-refractivity contribution in [2.75, 3.05) is 32.1 Å². The Morgan fingerprint density at radius 2 is 1.77 bits per heavy atom. The van der Waals surface area contributed by atoms with Crippen molar-refractivity contribution in [3.05, 3.63) is 54.2 Å². The number of benzene rings is 2. The van der Waals surface area contributed by atoms with Crippen LogP contribution in [-0.4, -0.2) is 49.5 Å². The molecule has 2 atom stereocenters. The van der Waals surface area contributed by atoms with Gasteiger partial charge in [0.1, 0.15) is 6.04 Å². The van der Waals surface area contributed by atoms with E-state index >= 15 is 0 Å². The van der Waals surface area contributed by atoms with Crippen LogP contribution in [0, 0.1) is 0 Å². The van der Waals surface area contributed by atoms with Gasteiger partial charge in [-0.3, -0.25) is 9.59 Å². The molecule has 0 radical (unpaired) electrons. The number of para-hydroxylation sites is 1. The van der Waals surface area contributed by atoms with E-state index in [9.17, 15) is 9.59 Å². The average Bonchev–Trinajstić information content (AvgIpc) is 3.19. The highest BCUT2D eigenvalue weighted by Gasteiger charge is 2.27. The van der Waals surface area contributed by atoms with Crippen molar-refractivity contribution in [3.8, 4) is 11.5 Å². The van der Waals surface area contributed by atoms with E-state index in [1.807, 2.05) is 52.1 Å². The van der Waals surface area contributed by atoms with Crippen LogP contribution >= 0.6 is 0 Å². The molecule has 0 bridgehead atoms. The van der Waals surface area contributed by atoms with E-state index < -0.39 is 0 Å². The fourth-order valence-corrected chi connectivity index (χ4v) is 3.47. The van der Waals surface area contributed by atoms with Gasteiger partial charge in [0.25, 0.3) is 5.91 Å². The Balaban J connectivity index is 1.64. The molecule has 0 aliphatic heterocycles. The molecular weight excluding hydrogens is 394 g/mol. The first kappa shape index (κ1) is 22.4. The number of carbonyl (C=O) groups is 2. The molecule has 0 saturated carbocycles. The number of hydrogen-bond donors (Lipinski definition) is 3. The summed E-state index contributed by atoms with van der Waals surface area (Å²) in [6, 6.07) is 12.6. The van der Waals surface area contributed by atoms with Gasteiger partial charge >= 0.3 is 0 Å². The number of ketones is 1. The summed E-state index contributed by atoms with van der Waals surface area (Å²) in [6.07, 6.45) is 1.74. The normalized spacial score (nSPS) is 12.9. The van der Waals surface area contributed by atoms with Crippen LogP contribution in [0.2, 0.25) is 0 Å². The molecule has 0 aliphatic rings. The Morgan fingerprint density at radius 1 is 1.06 bits per heavy atom. The topological polar surface area (TPSA) is 84.9 Å². The molecule has 1 aromatic heterocycles. The van der Waals surface area contributed by atoms with E-state index in [0.717, 1.165) is 15.8 Å². The fraction of sp³-hybridized carbons (Fsp3) is 0.333. The predicted molar refractivity (Wildman–Crippen MR) is 121 cm³/mol. The number of carbonyl (C=O) groups excluding carboxylic acids is 2. The van der Waals surface area contributed by atoms with Crippen molar-refractivity contribution in [1.82, 2.24) is 4.98 Å². The number of Topliss-reactive ketones (excluding diaryl/α,β-unsaturated/α-hetero) is 1. The van der Waals surface area contributed by atoms with Crippen LogP contribution in [0.15, 0.2) is 48.7 Å². The molecule has 1 amide bonds. The zero-order chi connectivity index (χ0) is 22.4. The monoisotopic (exact) mass is 424 g/mol. The van der Waals surface area contributed by atoms with Gasteiger partial charge in [0.05, 0.1) is 20.3 Å². The van der Waals surface area contributed by atoms with Crippen LogP contribution in [0.4, 0.5) is 5.69 Å². The molecule has 1 heterocycles. The van der Waals surface area contributed by atoms with Crippen molar-refractivity contribution >= 4 is 28.3 Å². The third kappa shape index (κ3) is 5.24. The molecule has 1 unspecified atom stereocenters. The number of aromatic nitrogens is 1. The lowest BCUT2D eigenvalue weighted by Crippen LogP contribution is -3.14. The van der Waals surface area contributed by atoms with Crippen molar-refractivity contribution in [2.45, 2.75) is 26.8 Å². The Hall–Kier alpha value is -3.32. The van der Waals surface area contributed by atoms with Gasteiger partial charge in [-0.1, -0.05) is 18.2 Å². The number of amides is 1. The minimum Gasteiger partial charge on any atom is -0.490 e. The summed E-state index contributed by atoms with van der Waals surface area (Å²) in [6.45, 7) is 6.83. The second-order valence-electron chi connectivity index (χ2n) is 7.43. The highest BCUT2D eigenvalue weighted by atomic mass is 16.5. The molecule has 0 fully saturated rings. The van der Waals surface area contributed by atoms with Crippen molar-refractivity contribution < 1.29 is 24.0 Å². The number of nitrogens with one attached hydrogen (secondary N) is 3. The first-order valence-corrected chi connectivity index (χ1v) is 10.6. The molecule has 7 nitrogen and oxygen atoms in total. The molecule has 7 heteroatoms. The minimum absolute atomic E-state index is 0.00227. The van der Waals surface area contributed by atoms with Crippen molar-refractivity contribution in [2.24, 2.45) is 0 Å². The predicted octanol–water partition coefficient (Wildman–Crippen LogP) is 2.69.